The lowest BCUT2D eigenvalue weighted by Gasteiger charge is -2.09. The molecule has 0 spiro atoms. The zero-order valence-corrected chi connectivity index (χ0v) is 16.5. The molecule has 0 radical (unpaired) electrons. The van der Waals surface area contributed by atoms with Crippen LogP contribution >= 0.6 is 11.6 Å². The molecule has 0 atom stereocenters. The van der Waals surface area contributed by atoms with E-state index in [2.05, 4.69) is 41.1 Å². The molecule has 0 aliphatic heterocycles. The Morgan fingerprint density at radius 3 is 2.59 bits per heavy atom. The third kappa shape index (κ3) is 4.44. The van der Waals surface area contributed by atoms with E-state index in [-0.39, 0.29) is 10.6 Å². The number of hydrogen-bond donors (Lipinski definition) is 1. The van der Waals surface area contributed by atoms with Crippen LogP contribution in [0.25, 0.3) is 10.9 Å². The highest BCUT2D eigenvalue weighted by molar-refractivity contribution is 6.32. The number of halogens is 1. The molecule has 5 heteroatoms. The summed E-state index contributed by atoms with van der Waals surface area (Å²) in [4.78, 5) is 11.0. The lowest BCUT2D eigenvalue weighted by atomic mass is 10.1. The fraction of sp³-hybridized carbons (Fsp3) is 0.125. The highest BCUT2D eigenvalue weighted by Gasteiger charge is 2.10. The van der Waals surface area contributed by atoms with Crippen LogP contribution in [0.4, 0.5) is 0 Å². The minimum Gasteiger partial charge on any atom is -0.478 e. The van der Waals surface area contributed by atoms with E-state index < -0.39 is 5.97 Å². The number of aryl methyl sites for hydroxylation is 2. The number of ether oxygens (including phenoxy) is 1. The van der Waals surface area contributed by atoms with Crippen LogP contribution in [-0.2, 0) is 13.0 Å². The predicted octanol–water partition coefficient (Wildman–Crippen LogP) is 6.42. The Balaban J connectivity index is 1.46. The first kappa shape index (κ1) is 19.1. The largest absolute Gasteiger partial charge is 0.478 e. The van der Waals surface area contributed by atoms with Crippen LogP contribution in [-0.4, -0.2) is 15.6 Å². The van der Waals surface area contributed by atoms with Crippen molar-refractivity contribution in [3.05, 3.63) is 95.1 Å². The van der Waals surface area contributed by atoms with Gasteiger partial charge in [0.25, 0.3) is 0 Å². The maximum Gasteiger partial charge on any atom is 0.335 e. The van der Waals surface area contributed by atoms with E-state index in [0.717, 1.165) is 30.3 Å². The van der Waals surface area contributed by atoms with Crippen molar-refractivity contribution >= 4 is 28.5 Å². The van der Waals surface area contributed by atoms with Gasteiger partial charge in [0.1, 0.15) is 11.5 Å². The van der Waals surface area contributed by atoms with Crippen LogP contribution in [0.5, 0.6) is 11.5 Å². The third-order valence-electron chi connectivity index (χ3n) is 4.86. The van der Waals surface area contributed by atoms with Crippen LogP contribution in [0.3, 0.4) is 0 Å². The quantitative estimate of drug-likeness (QED) is 0.386. The van der Waals surface area contributed by atoms with Gasteiger partial charge in [-0.1, -0.05) is 41.9 Å². The zero-order valence-electron chi connectivity index (χ0n) is 15.7. The Hall–Kier alpha value is -3.24. The monoisotopic (exact) mass is 405 g/mol. The number of fused-ring (bicyclic) bond motifs is 1. The SMILES string of the molecule is O=C(O)c1ccc(Oc2ccc3c(ccn3CCCc3ccccc3)c2)c(Cl)c1. The number of nitrogens with zero attached hydrogens (tertiary/aromatic N) is 1. The molecule has 0 saturated heterocycles. The smallest absolute Gasteiger partial charge is 0.335 e. The number of carbonyl (C=O) groups is 1. The van der Waals surface area contributed by atoms with E-state index in [1.54, 1.807) is 6.07 Å². The number of carboxylic acids is 1. The Bertz CT molecular complexity index is 1150. The third-order valence-corrected chi connectivity index (χ3v) is 5.15. The fourth-order valence-electron chi connectivity index (χ4n) is 3.38. The van der Waals surface area contributed by atoms with Crippen LogP contribution < -0.4 is 4.74 Å². The topological polar surface area (TPSA) is 51.5 Å². The summed E-state index contributed by atoms with van der Waals surface area (Å²) < 4.78 is 8.11. The van der Waals surface area contributed by atoms with Gasteiger partial charge < -0.3 is 14.4 Å². The number of hydrogen-bond acceptors (Lipinski definition) is 2. The average Bonchev–Trinajstić information content (AvgIpc) is 3.12. The molecule has 1 N–H and O–H groups in total. The summed E-state index contributed by atoms with van der Waals surface area (Å²) in [7, 11) is 0. The van der Waals surface area contributed by atoms with Crippen molar-refractivity contribution in [2.75, 3.05) is 0 Å². The van der Waals surface area contributed by atoms with Crippen molar-refractivity contribution < 1.29 is 14.6 Å². The maximum absolute atomic E-state index is 11.0. The molecule has 3 aromatic carbocycles. The Labute approximate surface area is 173 Å². The van der Waals surface area contributed by atoms with Crippen molar-refractivity contribution in [1.82, 2.24) is 4.57 Å². The second-order valence-corrected chi connectivity index (χ2v) is 7.28. The second-order valence-electron chi connectivity index (χ2n) is 6.87. The first-order chi connectivity index (χ1) is 14.1. The van der Waals surface area contributed by atoms with E-state index in [0.29, 0.717) is 11.5 Å². The van der Waals surface area contributed by atoms with Crippen molar-refractivity contribution in [2.24, 2.45) is 0 Å². The van der Waals surface area contributed by atoms with Gasteiger partial charge in [-0.25, -0.2) is 4.79 Å². The van der Waals surface area contributed by atoms with E-state index >= 15 is 0 Å². The molecule has 0 aliphatic carbocycles. The molecular formula is C24H20ClNO3. The molecule has 4 nitrogen and oxygen atoms in total. The average molecular weight is 406 g/mol. The summed E-state index contributed by atoms with van der Waals surface area (Å²) in [6.07, 6.45) is 4.21. The van der Waals surface area contributed by atoms with E-state index in [1.807, 2.05) is 24.3 Å². The Morgan fingerprint density at radius 2 is 1.83 bits per heavy atom. The van der Waals surface area contributed by atoms with Gasteiger partial charge in [-0.3, -0.25) is 0 Å². The summed E-state index contributed by atoms with van der Waals surface area (Å²) in [5, 5.41) is 10.4. The van der Waals surface area contributed by atoms with E-state index in [9.17, 15) is 4.79 Å². The standard InChI is InChI=1S/C24H20ClNO3/c25-21-16-19(24(27)28)8-11-23(21)29-20-9-10-22-18(15-20)12-14-26(22)13-4-7-17-5-2-1-3-6-17/h1-3,5-6,8-12,14-16H,4,7,13H2,(H,27,28). The van der Waals surface area contributed by atoms with Gasteiger partial charge in [-0.15, -0.1) is 0 Å². The summed E-state index contributed by atoms with van der Waals surface area (Å²) in [5.74, 6) is 0.0660. The lowest BCUT2D eigenvalue weighted by Crippen LogP contribution is -1.98. The molecule has 0 saturated carbocycles. The van der Waals surface area contributed by atoms with Crippen molar-refractivity contribution in [2.45, 2.75) is 19.4 Å². The number of aromatic nitrogens is 1. The van der Waals surface area contributed by atoms with Gasteiger partial charge in [-0.05, 0) is 60.9 Å². The molecule has 4 rings (SSSR count). The molecule has 0 bridgehead atoms. The van der Waals surface area contributed by atoms with Gasteiger partial charge in [-0.2, -0.15) is 0 Å². The molecule has 4 aromatic rings. The molecule has 0 amide bonds. The summed E-state index contributed by atoms with van der Waals surface area (Å²) in [6.45, 7) is 0.946. The molecule has 0 aliphatic rings. The minimum absolute atomic E-state index is 0.130. The van der Waals surface area contributed by atoms with Crippen molar-refractivity contribution in [1.29, 1.82) is 0 Å². The van der Waals surface area contributed by atoms with Gasteiger partial charge in [0, 0.05) is 23.6 Å². The first-order valence-electron chi connectivity index (χ1n) is 9.44. The number of aromatic carboxylic acids is 1. The number of carboxylic acid groups (broad SMARTS) is 1. The minimum atomic E-state index is -1.02. The highest BCUT2D eigenvalue weighted by Crippen LogP contribution is 2.32. The first-order valence-corrected chi connectivity index (χ1v) is 9.81. The Kier molecular flexibility index (Phi) is 5.54. The highest BCUT2D eigenvalue weighted by atomic mass is 35.5. The van der Waals surface area contributed by atoms with Crippen LogP contribution in [0.1, 0.15) is 22.3 Å². The van der Waals surface area contributed by atoms with Crippen LogP contribution in [0.2, 0.25) is 5.02 Å². The van der Waals surface area contributed by atoms with Crippen molar-refractivity contribution in [3.8, 4) is 11.5 Å². The van der Waals surface area contributed by atoms with E-state index in [4.69, 9.17) is 21.4 Å². The lowest BCUT2D eigenvalue weighted by molar-refractivity contribution is 0.0697. The second kappa shape index (κ2) is 8.41. The zero-order chi connectivity index (χ0) is 20.2. The predicted molar refractivity (Wildman–Crippen MR) is 115 cm³/mol. The van der Waals surface area contributed by atoms with Crippen LogP contribution in [0, 0.1) is 0 Å². The molecule has 0 fully saturated rings. The molecule has 146 valence electrons. The van der Waals surface area contributed by atoms with Gasteiger partial charge in [0.15, 0.2) is 0 Å². The molecule has 1 aromatic heterocycles. The molecule has 29 heavy (non-hydrogen) atoms. The van der Waals surface area contributed by atoms with Gasteiger partial charge in [0.05, 0.1) is 10.6 Å². The summed E-state index contributed by atoms with van der Waals surface area (Å²) >= 11 is 6.16. The van der Waals surface area contributed by atoms with E-state index in [1.165, 1.54) is 17.7 Å². The molecule has 0 unspecified atom stereocenters. The normalized spacial score (nSPS) is 10.9. The van der Waals surface area contributed by atoms with Crippen LogP contribution in [0.15, 0.2) is 79.0 Å². The molecular weight excluding hydrogens is 386 g/mol. The summed E-state index contributed by atoms with van der Waals surface area (Å²) in [6, 6.07) is 22.9. The molecule has 1 heterocycles. The Morgan fingerprint density at radius 1 is 1.00 bits per heavy atom. The number of rotatable bonds is 7. The maximum atomic E-state index is 11.0. The fourth-order valence-corrected chi connectivity index (χ4v) is 3.60. The van der Waals surface area contributed by atoms with Gasteiger partial charge in [0.2, 0.25) is 0 Å². The summed E-state index contributed by atoms with van der Waals surface area (Å²) in [5.41, 5.74) is 2.63. The van der Waals surface area contributed by atoms with Crippen molar-refractivity contribution in [3.63, 3.8) is 0 Å². The number of benzene rings is 3. The van der Waals surface area contributed by atoms with Gasteiger partial charge >= 0.3 is 5.97 Å².